The number of pyridine rings is 1. The molecular formula is C13H12N4O. The number of hydrogen-bond donors (Lipinski definition) is 2. The monoisotopic (exact) mass is 240 g/mol. The molecule has 2 heterocycles. The van der Waals surface area contributed by atoms with E-state index in [1.54, 1.807) is 19.5 Å². The first-order chi connectivity index (χ1) is 8.79. The van der Waals surface area contributed by atoms with Crippen molar-refractivity contribution < 1.29 is 4.74 Å². The quantitative estimate of drug-likeness (QED) is 0.720. The van der Waals surface area contributed by atoms with Crippen molar-refractivity contribution >= 4 is 16.7 Å². The topological polar surface area (TPSA) is 76.8 Å². The number of aromatic nitrogens is 3. The first-order valence-corrected chi connectivity index (χ1v) is 5.51. The second kappa shape index (κ2) is 4.03. The van der Waals surface area contributed by atoms with Crippen molar-refractivity contribution in [1.82, 2.24) is 15.2 Å². The second-order valence-electron chi connectivity index (χ2n) is 3.95. The lowest BCUT2D eigenvalue weighted by Gasteiger charge is -2.05. The molecule has 18 heavy (non-hydrogen) atoms. The lowest BCUT2D eigenvalue weighted by molar-refractivity contribution is 0.415. The SMILES string of the molecule is COc1ccc(-c2cncc3[nH]nc(N)c23)cc1. The van der Waals surface area contributed by atoms with E-state index in [1.165, 1.54) is 0 Å². The second-order valence-corrected chi connectivity index (χ2v) is 3.95. The smallest absolute Gasteiger partial charge is 0.153 e. The van der Waals surface area contributed by atoms with Gasteiger partial charge in [0.25, 0.3) is 0 Å². The van der Waals surface area contributed by atoms with Gasteiger partial charge in [0.05, 0.1) is 24.2 Å². The van der Waals surface area contributed by atoms with Gasteiger partial charge in [-0.05, 0) is 17.7 Å². The maximum atomic E-state index is 5.88. The molecule has 0 radical (unpaired) electrons. The molecule has 3 aromatic rings. The third kappa shape index (κ3) is 1.57. The maximum absolute atomic E-state index is 5.88. The molecule has 0 aliphatic heterocycles. The van der Waals surface area contributed by atoms with Crippen molar-refractivity contribution in [3.05, 3.63) is 36.7 Å². The summed E-state index contributed by atoms with van der Waals surface area (Å²) < 4.78 is 5.14. The number of fused-ring (bicyclic) bond motifs is 1. The number of hydrogen-bond acceptors (Lipinski definition) is 4. The molecule has 5 nitrogen and oxygen atoms in total. The van der Waals surface area contributed by atoms with Gasteiger partial charge in [0.1, 0.15) is 5.75 Å². The first kappa shape index (κ1) is 10.6. The van der Waals surface area contributed by atoms with Gasteiger partial charge >= 0.3 is 0 Å². The highest BCUT2D eigenvalue weighted by molar-refractivity contribution is 6.00. The molecule has 0 spiro atoms. The number of nitrogen functional groups attached to an aromatic ring is 1. The molecule has 0 saturated carbocycles. The molecule has 0 aliphatic carbocycles. The average molecular weight is 240 g/mol. The highest BCUT2D eigenvalue weighted by Gasteiger charge is 2.10. The van der Waals surface area contributed by atoms with Crippen LogP contribution in [-0.2, 0) is 0 Å². The Bertz CT molecular complexity index is 688. The minimum Gasteiger partial charge on any atom is -0.497 e. The Labute approximate surface area is 104 Å². The van der Waals surface area contributed by atoms with E-state index in [0.29, 0.717) is 5.82 Å². The van der Waals surface area contributed by atoms with Gasteiger partial charge in [0.2, 0.25) is 0 Å². The molecule has 0 amide bonds. The molecule has 0 atom stereocenters. The zero-order valence-corrected chi connectivity index (χ0v) is 9.84. The standard InChI is InChI=1S/C13H12N4O/c1-18-9-4-2-8(3-5-9)10-6-15-7-11-12(10)13(14)17-16-11/h2-7H,1H3,(H3,14,16,17). The van der Waals surface area contributed by atoms with E-state index in [-0.39, 0.29) is 0 Å². The summed E-state index contributed by atoms with van der Waals surface area (Å²) in [6, 6.07) is 7.76. The Morgan fingerprint density at radius 3 is 2.67 bits per heavy atom. The summed E-state index contributed by atoms with van der Waals surface area (Å²) in [6.45, 7) is 0. The summed E-state index contributed by atoms with van der Waals surface area (Å²) in [7, 11) is 1.64. The van der Waals surface area contributed by atoms with E-state index < -0.39 is 0 Å². The number of nitrogens with two attached hydrogens (primary N) is 1. The van der Waals surface area contributed by atoms with Crippen LogP contribution < -0.4 is 10.5 Å². The molecule has 0 bridgehead atoms. The first-order valence-electron chi connectivity index (χ1n) is 5.51. The van der Waals surface area contributed by atoms with Crippen molar-refractivity contribution in [1.29, 1.82) is 0 Å². The van der Waals surface area contributed by atoms with Crippen LogP contribution in [0.15, 0.2) is 36.7 Å². The van der Waals surface area contributed by atoms with Crippen LogP contribution in [0.2, 0.25) is 0 Å². The highest BCUT2D eigenvalue weighted by Crippen LogP contribution is 2.31. The third-order valence-corrected chi connectivity index (χ3v) is 2.90. The summed E-state index contributed by atoms with van der Waals surface area (Å²) in [4.78, 5) is 4.19. The van der Waals surface area contributed by atoms with Crippen molar-refractivity contribution in [3.8, 4) is 16.9 Å². The number of nitrogens with zero attached hydrogens (tertiary/aromatic N) is 2. The number of anilines is 1. The summed E-state index contributed by atoms with van der Waals surface area (Å²) in [6.07, 6.45) is 3.50. The van der Waals surface area contributed by atoms with Gasteiger partial charge in [-0.1, -0.05) is 12.1 Å². The van der Waals surface area contributed by atoms with Crippen LogP contribution in [0.3, 0.4) is 0 Å². The summed E-state index contributed by atoms with van der Waals surface area (Å²) >= 11 is 0. The van der Waals surface area contributed by atoms with Crippen molar-refractivity contribution in [3.63, 3.8) is 0 Å². The van der Waals surface area contributed by atoms with Gasteiger partial charge in [0, 0.05) is 11.8 Å². The van der Waals surface area contributed by atoms with Crippen LogP contribution in [0, 0.1) is 0 Å². The van der Waals surface area contributed by atoms with Crippen molar-refractivity contribution in [2.24, 2.45) is 0 Å². The fraction of sp³-hybridized carbons (Fsp3) is 0.0769. The number of benzene rings is 1. The fourth-order valence-electron chi connectivity index (χ4n) is 1.99. The minimum atomic E-state index is 0.484. The maximum Gasteiger partial charge on any atom is 0.153 e. The van der Waals surface area contributed by atoms with E-state index in [9.17, 15) is 0 Å². The predicted octanol–water partition coefficient (Wildman–Crippen LogP) is 2.22. The van der Waals surface area contributed by atoms with Crippen LogP contribution >= 0.6 is 0 Å². The molecule has 0 fully saturated rings. The molecule has 1 aromatic carbocycles. The van der Waals surface area contributed by atoms with Crippen LogP contribution in [0.1, 0.15) is 0 Å². The summed E-state index contributed by atoms with van der Waals surface area (Å²) in [5, 5.41) is 7.76. The van der Waals surface area contributed by atoms with E-state index in [2.05, 4.69) is 15.2 Å². The molecule has 3 N–H and O–H groups in total. The number of methoxy groups -OCH3 is 1. The average Bonchev–Trinajstić information content (AvgIpc) is 2.81. The number of ether oxygens (including phenoxy) is 1. The molecular weight excluding hydrogens is 228 g/mol. The molecule has 3 rings (SSSR count). The van der Waals surface area contributed by atoms with Crippen LogP contribution in [0.5, 0.6) is 5.75 Å². The Hall–Kier alpha value is -2.56. The van der Waals surface area contributed by atoms with Crippen LogP contribution in [-0.4, -0.2) is 22.3 Å². The molecule has 0 aliphatic rings. The minimum absolute atomic E-state index is 0.484. The Balaban J connectivity index is 2.21. The van der Waals surface area contributed by atoms with Gasteiger partial charge in [-0.15, -0.1) is 0 Å². The van der Waals surface area contributed by atoms with E-state index >= 15 is 0 Å². The zero-order chi connectivity index (χ0) is 12.5. The largest absolute Gasteiger partial charge is 0.497 e. The predicted molar refractivity (Wildman–Crippen MR) is 70.3 cm³/mol. The van der Waals surface area contributed by atoms with Crippen molar-refractivity contribution in [2.75, 3.05) is 12.8 Å². The van der Waals surface area contributed by atoms with Gasteiger partial charge in [-0.25, -0.2) is 0 Å². The molecule has 5 heteroatoms. The Morgan fingerprint density at radius 1 is 1.17 bits per heavy atom. The molecule has 2 aromatic heterocycles. The van der Waals surface area contributed by atoms with Gasteiger partial charge in [-0.3, -0.25) is 10.1 Å². The molecule has 0 saturated heterocycles. The number of nitrogens with one attached hydrogen (secondary N) is 1. The molecule has 90 valence electrons. The Morgan fingerprint density at radius 2 is 1.94 bits per heavy atom. The van der Waals surface area contributed by atoms with Crippen molar-refractivity contribution in [2.45, 2.75) is 0 Å². The normalized spacial score (nSPS) is 10.7. The zero-order valence-electron chi connectivity index (χ0n) is 9.84. The van der Waals surface area contributed by atoms with E-state index in [4.69, 9.17) is 10.5 Å². The third-order valence-electron chi connectivity index (χ3n) is 2.90. The summed E-state index contributed by atoms with van der Waals surface area (Å²) in [5.74, 6) is 1.30. The van der Waals surface area contributed by atoms with Gasteiger partial charge < -0.3 is 10.5 Å². The van der Waals surface area contributed by atoms with Gasteiger partial charge in [0.15, 0.2) is 5.82 Å². The molecule has 0 unspecified atom stereocenters. The number of aromatic amines is 1. The van der Waals surface area contributed by atoms with Crippen LogP contribution in [0.4, 0.5) is 5.82 Å². The number of H-pyrrole nitrogens is 1. The van der Waals surface area contributed by atoms with Crippen LogP contribution in [0.25, 0.3) is 22.0 Å². The van der Waals surface area contributed by atoms with Gasteiger partial charge in [-0.2, -0.15) is 5.10 Å². The lowest BCUT2D eigenvalue weighted by atomic mass is 10.0. The highest BCUT2D eigenvalue weighted by atomic mass is 16.5. The van der Waals surface area contributed by atoms with E-state index in [1.807, 2.05) is 24.3 Å². The summed E-state index contributed by atoms with van der Waals surface area (Å²) in [5.41, 5.74) is 8.70. The number of rotatable bonds is 2. The lowest BCUT2D eigenvalue weighted by Crippen LogP contribution is -1.88. The van der Waals surface area contributed by atoms with E-state index in [0.717, 1.165) is 27.8 Å². The Kier molecular flexibility index (Phi) is 2.37. The fourth-order valence-corrected chi connectivity index (χ4v) is 1.99.